The molecule has 1 aliphatic heterocycles. The van der Waals surface area contributed by atoms with Crippen molar-refractivity contribution in [2.45, 2.75) is 101 Å². The smallest absolute Gasteiger partial charge is 0.407 e. The molecule has 2 aliphatic rings. The van der Waals surface area contributed by atoms with Crippen LogP contribution in [0.25, 0.3) is 0 Å². The van der Waals surface area contributed by atoms with Crippen molar-refractivity contribution < 1.29 is 53.0 Å². The van der Waals surface area contributed by atoms with Crippen LogP contribution in [-0.4, -0.2) is 104 Å². The van der Waals surface area contributed by atoms with Crippen LogP contribution in [0.2, 0.25) is 0 Å². The van der Waals surface area contributed by atoms with E-state index in [2.05, 4.69) is 21.3 Å². The number of alkyl carbamates (subject to hydrolysis) is 3. The fourth-order valence-corrected chi connectivity index (χ4v) is 6.64. The number of aliphatic hydroxyl groups excluding tert-OH is 2. The first kappa shape index (κ1) is 40.4. The maximum Gasteiger partial charge on any atom is 0.407 e. The Bertz CT molecular complexity index is 1610. The highest BCUT2D eigenvalue weighted by Crippen LogP contribution is 2.31. The molecule has 15 nitrogen and oxygen atoms in total. The zero-order chi connectivity index (χ0) is 38.5. The van der Waals surface area contributed by atoms with Crippen LogP contribution in [0.3, 0.4) is 0 Å². The number of amides is 3. The van der Waals surface area contributed by atoms with E-state index >= 15 is 0 Å². The van der Waals surface area contributed by atoms with Crippen molar-refractivity contribution in [3.05, 3.63) is 108 Å². The van der Waals surface area contributed by atoms with Gasteiger partial charge in [-0.15, -0.1) is 0 Å². The lowest BCUT2D eigenvalue weighted by Gasteiger charge is -2.49. The van der Waals surface area contributed by atoms with Gasteiger partial charge in [0.05, 0.1) is 30.3 Å². The summed E-state index contributed by atoms with van der Waals surface area (Å²) in [6.07, 6.45) is -8.42. The molecule has 2 fully saturated rings. The summed E-state index contributed by atoms with van der Waals surface area (Å²) in [7, 11) is 2.97. The quantitative estimate of drug-likeness (QED) is 0.132. The van der Waals surface area contributed by atoms with Crippen LogP contribution >= 0.6 is 0 Å². The van der Waals surface area contributed by atoms with Gasteiger partial charge in [-0.25, -0.2) is 14.4 Å². The third kappa shape index (κ3) is 11.1. The van der Waals surface area contributed by atoms with E-state index in [1.165, 1.54) is 7.11 Å². The van der Waals surface area contributed by atoms with E-state index in [9.17, 15) is 24.6 Å². The topological polar surface area (TPSA) is 195 Å². The molecule has 1 aliphatic carbocycles. The van der Waals surface area contributed by atoms with Crippen molar-refractivity contribution in [1.82, 2.24) is 21.3 Å². The molecular weight excluding hydrogens is 700 g/mol. The predicted octanol–water partition coefficient (Wildman–Crippen LogP) is 3.12. The Kier molecular flexibility index (Phi) is 15.0. The summed E-state index contributed by atoms with van der Waals surface area (Å²) in [5, 5.41) is 34.4. The normalized spacial score (nSPS) is 27.2. The number of likely N-dealkylation sites (N-methyl/N-ethyl adjacent to an activating group) is 1. The average Bonchev–Trinajstić information content (AvgIpc) is 3.19. The van der Waals surface area contributed by atoms with Crippen molar-refractivity contribution in [1.29, 1.82) is 0 Å². The number of carbonyl (C=O) groups excluding carboxylic acids is 3. The number of hydrogen-bond donors (Lipinski definition) is 6. The second-order valence-corrected chi connectivity index (χ2v) is 13.3. The fourth-order valence-electron chi connectivity index (χ4n) is 6.64. The Morgan fingerprint density at radius 2 is 1.19 bits per heavy atom. The van der Waals surface area contributed by atoms with Gasteiger partial charge >= 0.3 is 18.3 Å². The Morgan fingerprint density at radius 1 is 0.704 bits per heavy atom. The zero-order valence-electron chi connectivity index (χ0n) is 30.5. The monoisotopic (exact) mass is 750 g/mol. The molecule has 6 N–H and O–H groups in total. The first-order chi connectivity index (χ1) is 26.2. The Labute approximate surface area is 314 Å². The number of hydrogen-bond acceptors (Lipinski definition) is 12. The first-order valence-electron chi connectivity index (χ1n) is 18.0. The highest BCUT2D eigenvalue weighted by atomic mass is 16.7. The highest BCUT2D eigenvalue weighted by molar-refractivity contribution is 5.68. The van der Waals surface area contributed by atoms with Crippen LogP contribution in [0.1, 0.15) is 36.5 Å². The Hall–Kier alpha value is -4.77. The molecule has 5 rings (SSSR count). The van der Waals surface area contributed by atoms with Crippen molar-refractivity contribution in [2.24, 2.45) is 0 Å². The van der Waals surface area contributed by atoms with Gasteiger partial charge in [0.1, 0.15) is 44.2 Å². The van der Waals surface area contributed by atoms with Crippen LogP contribution in [0, 0.1) is 0 Å². The number of methoxy groups -OCH3 is 1. The lowest BCUT2D eigenvalue weighted by molar-refractivity contribution is -0.268. The minimum Gasteiger partial charge on any atom is -0.445 e. The number of rotatable bonds is 14. The summed E-state index contributed by atoms with van der Waals surface area (Å²) in [4.78, 5) is 38.9. The summed E-state index contributed by atoms with van der Waals surface area (Å²) in [6, 6.07) is 24.0. The second kappa shape index (κ2) is 20.1. The van der Waals surface area contributed by atoms with Gasteiger partial charge in [-0.3, -0.25) is 0 Å². The number of ether oxygens (including phenoxy) is 6. The van der Waals surface area contributed by atoms with E-state index in [0.717, 1.165) is 16.7 Å². The van der Waals surface area contributed by atoms with Crippen LogP contribution < -0.4 is 21.3 Å². The molecule has 1 heterocycles. The number of carbonyl (C=O) groups is 3. The molecule has 0 spiro atoms. The highest BCUT2D eigenvalue weighted by Gasteiger charge is 2.53. The molecule has 292 valence electrons. The van der Waals surface area contributed by atoms with Crippen molar-refractivity contribution in [3.63, 3.8) is 0 Å². The molecule has 10 atom stereocenters. The SMILES string of the molecule is CN[C@@H]1[C@H](O)[C@@H](O[C@H]2O[C@H]([C@H](C)NC(=O)OCc3ccccc3)CC[C@H]2NC(=O)OCc2ccccc2)[C@@H](NC(=O)OCc2ccccc2)[C@H](O)[C@H]1OC. The van der Waals surface area contributed by atoms with E-state index in [0.29, 0.717) is 12.8 Å². The van der Waals surface area contributed by atoms with Crippen LogP contribution in [0.5, 0.6) is 0 Å². The van der Waals surface area contributed by atoms with E-state index < -0.39 is 79.3 Å². The number of aliphatic hydroxyl groups is 2. The molecule has 3 aromatic carbocycles. The molecular formula is C39H50N4O11. The third-order valence-electron chi connectivity index (χ3n) is 9.54. The summed E-state index contributed by atoms with van der Waals surface area (Å²) in [5.74, 6) is 0. The second-order valence-electron chi connectivity index (χ2n) is 13.3. The van der Waals surface area contributed by atoms with E-state index in [-0.39, 0.29) is 19.8 Å². The molecule has 15 heteroatoms. The number of benzene rings is 3. The van der Waals surface area contributed by atoms with Gasteiger partial charge < -0.3 is 59.9 Å². The molecule has 3 amide bonds. The fraction of sp³-hybridized carbons (Fsp3) is 0.462. The third-order valence-corrected chi connectivity index (χ3v) is 9.54. The van der Waals surface area contributed by atoms with Gasteiger partial charge in [0.2, 0.25) is 0 Å². The lowest BCUT2D eigenvalue weighted by Crippen LogP contribution is -2.72. The summed E-state index contributed by atoms with van der Waals surface area (Å²) >= 11 is 0. The molecule has 1 saturated heterocycles. The van der Waals surface area contributed by atoms with E-state index in [1.54, 1.807) is 26.1 Å². The molecule has 0 unspecified atom stereocenters. The van der Waals surface area contributed by atoms with Gasteiger partial charge in [-0.2, -0.15) is 0 Å². The Morgan fingerprint density at radius 3 is 1.69 bits per heavy atom. The van der Waals surface area contributed by atoms with Gasteiger partial charge in [0.25, 0.3) is 0 Å². The zero-order valence-corrected chi connectivity index (χ0v) is 30.5. The minimum atomic E-state index is -1.38. The van der Waals surface area contributed by atoms with E-state index in [4.69, 9.17) is 28.4 Å². The first-order valence-corrected chi connectivity index (χ1v) is 18.0. The van der Waals surface area contributed by atoms with Gasteiger partial charge in [-0.1, -0.05) is 91.0 Å². The van der Waals surface area contributed by atoms with Crippen molar-refractivity contribution in [2.75, 3.05) is 14.2 Å². The van der Waals surface area contributed by atoms with Crippen LogP contribution in [0.4, 0.5) is 14.4 Å². The average molecular weight is 751 g/mol. The van der Waals surface area contributed by atoms with Crippen LogP contribution in [-0.2, 0) is 48.2 Å². The molecule has 54 heavy (non-hydrogen) atoms. The maximum atomic E-state index is 13.1. The molecule has 1 saturated carbocycles. The standard InChI is InChI=1S/C39H50N4O11/c1-24(41-37(46)50-21-25-13-7-4-8-14-25)29-20-19-28(42-38(47)51-22-26-15-9-5-10-16-26)36(53-29)54-35-31(33(45)34(49-3)30(40-2)32(35)44)43-39(48)52-23-27-17-11-6-12-18-27/h4-18,24,28-36,40,44-45H,19-23H2,1-3H3,(H,41,46)(H,42,47)(H,43,48)/t24-,28+,29-,30+,31-,32-,33-,34-,35-,36+/m0/s1. The molecule has 0 bridgehead atoms. The van der Waals surface area contributed by atoms with Gasteiger partial charge in [0.15, 0.2) is 6.29 Å². The van der Waals surface area contributed by atoms with E-state index in [1.807, 2.05) is 78.9 Å². The largest absolute Gasteiger partial charge is 0.445 e. The lowest BCUT2D eigenvalue weighted by atomic mass is 9.81. The maximum absolute atomic E-state index is 13.1. The predicted molar refractivity (Wildman–Crippen MR) is 195 cm³/mol. The van der Waals surface area contributed by atoms with Crippen LogP contribution in [0.15, 0.2) is 91.0 Å². The minimum absolute atomic E-state index is 0.0212. The summed E-state index contributed by atoms with van der Waals surface area (Å²) < 4.78 is 34.7. The van der Waals surface area contributed by atoms with Gasteiger partial charge in [0, 0.05) is 7.11 Å². The summed E-state index contributed by atoms with van der Waals surface area (Å²) in [5.41, 5.74) is 2.36. The summed E-state index contributed by atoms with van der Waals surface area (Å²) in [6.45, 7) is 1.81. The molecule has 3 aromatic rings. The van der Waals surface area contributed by atoms with Crippen molar-refractivity contribution >= 4 is 18.3 Å². The Balaban J connectivity index is 1.32. The molecule has 0 aromatic heterocycles. The van der Waals surface area contributed by atoms with Gasteiger partial charge in [-0.05, 0) is 43.5 Å². The number of nitrogens with one attached hydrogen (secondary N) is 4. The van der Waals surface area contributed by atoms with Crippen molar-refractivity contribution in [3.8, 4) is 0 Å². The molecule has 0 radical (unpaired) electrons.